The van der Waals surface area contributed by atoms with Gasteiger partial charge in [-0.2, -0.15) is 4.98 Å². The Balaban J connectivity index is 2.41. The fraction of sp³-hybridized carbons (Fsp3) is 0.438. The lowest BCUT2D eigenvalue weighted by Gasteiger charge is -2.14. The molecule has 0 radical (unpaired) electrons. The standard InChI is InChI=1S/C16H22N4O4/c1-9(17-3)6-14-19-16(24-20-14)11-7-12(18-10(2)21)15(23-5)13(8-11)22-4/h7-9,17H,6H2,1-5H3,(H,18,21). The summed E-state index contributed by atoms with van der Waals surface area (Å²) >= 11 is 0. The van der Waals surface area contributed by atoms with Crippen molar-refractivity contribution in [1.29, 1.82) is 0 Å². The Morgan fingerprint density at radius 3 is 2.67 bits per heavy atom. The molecular weight excluding hydrogens is 312 g/mol. The highest BCUT2D eigenvalue weighted by Crippen LogP contribution is 2.39. The van der Waals surface area contributed by atoms with E-state index in [-0.39, 0.29) is 11.9 Å². The number of rotatable bonds is 7. The minimum Gasteiger partial charge on any atom is -0.493 e. The molecule has 1 aromatic carbocycles. The van der Waals surface area contributed by atoms with Crippen LogP contribution in [0.25, 0.3) is 11.5 Å². The van der Waals surface area contributed by atoms with E-state index < -0.39 is 0 Å². The summed E-state index contributed by atoms with van der Waals surface area (Å²) in [7, 11) is 4.90. The number of carbonyl (C=O) groups excluding carboxylic acids is 1. The van der Waals surface area contributed by atoms with Gasteiger partial charge < -0.3 is 24.6 Å². The van der Waals surface area contributed by atoms with Gasteiger partial charge in [-0.3, -0.25) is 4.79 Å². The van der Waals surface area contributed by atoms with Gasteiger partial charge in [-0.25, -0.2) is 0 Å². The van der Waals surface area contributed by atoms with Crippen LogP contribution in [-0.4, -0.2) is 43.4 Å². The zero-order valence-corrected chi connectivity index (χ0v) is 14.5. The van der Waals surface area contributed by atoms with E-state index >= 15 is 0 Å². The van der Waals surface area contributed by atoms with Crippen molar-refractivity contribution in [2.24, 2.45) is 0 Å². The lowest BCUT2D eigenvalue weighted by atomic mass is 10.1. The molecule has 0 aliphatic rings. The van der Waals surface area contributed by atoms with Gasteiger partial charge in [0.25, 0.3) is 5.89 Å². The van der Waals surface area contributed by atoms with Crippen LogP contribution in [0, 0.1) is 0 Å². The summed E-state index contributed by atoms with van der Waals surface area (Å²) in [6.45, 7) is 3.45. The largest absolute Gasteiger partial charge is 0.493 e. The summed E-state index contributed by atoms with van der Waals surface area (Å²) in [6, 6.07) is 3.67. The summed E-state index contributed by atoms with van der Waals surface area (Å²) in [6.07, 6.45) is 0.645. The molecule has 2 N–H and O–H groups in total. The first kappa shape index (κ1) is 17.7. The van der Waals surface area contributed by atoms with E-state index in [9.17, 15) is 4.79 Å². The van der Waals surface area contributed by atoms with Crippen molar-refractivity contribution in [2.45, 2.75) is 26.3 Å². The number of anilines is 1. The summed E-state index contributed by atoms with van der Waals surface area (Å²) < 4.78 is 16.0. The minimum atomic E-state index is -0.221. The second-order valence-electron chi connectivity index (χ2n) is 5.35. The molecule has 0 aliphatic heterocycles. The fourth-order valence-corrected chi connectivity index (χ4v) is 2.20. The van der Waals surface area contributed by atoms with Crippen LogP contribution in [0.4, 0.5) is 5.69 Å². The molecule has 8 heteroatoms. The molecule has 0 aliphatic carbocycles. The first-order valence-corrected chi connectivity index (χ1v) is 7.52. The molecule has 0 saturated carbocycles. The second-order valence-corrected chi connectivity index (χ2v) is 5.35. The van der Waals surface area contributed by atoms with Crippen LogP contribution in [-0.2, 0) is 11.2 Å². The molecule has 1 amide bonds. The van der Waals surface area contributed by atoms with E-state index in [1.165, 1.54) is 21.1 Å². The summed E-state index contributed by atoms with van der Waals surface area (Å²) in [5, 5.41) is 9.82. The zero-order chi connectivity index (χ0) is 17.7. The first-order chi connectivity index (χ1) is 11.5. The second kappa shape index (κ2) is 7.78. The third-order valence-corrected chi connectivity index (χ3v) is 3.49. The van der Waals surface area contributed by atoms with E-state index in [1.54, 1.807) is 12.1 Å². The SMILES string of the molecule is CNC(C)Cc1noc(-c2cc(NC(C)=O)c(OC)c(OC)c2)n1. The monoisotopic (exact) mass is 334 g/mol. The Morgan fingerprint density at radius 1 is 1.33 bits per heavy atom. The van der Waals surface area contributed by atoms with Crippen molar-refractivity contribution in [3.63, 3.8) is 0 Å². The van der Waals surface area contributed by atoms with Crippen molar-refractivity contribution < 1.29 is 18.8 Å². The highest BCUT2D eigenvalue weighted by molar-refractivity contribution is 5.92. The fourth-order valence-electron chi connectivity index (χ4n) is 2.20. The molecule has 1 atom stereocenters. The molecule has 0 fully saturated rings. The van der Waals surface area contributed by atoms with Gasteiger partial charge in [0.2, 0.25) is 5.91 Å². The molecule has 1 aromatic heterocycles. The number of nitrogens with one attached hydrogen (secondary N) is 2. The third-order valence-electron chi connectivity index (χ3n) is 3.49. The number of hydrogen-bond acceptors (Lipinski definition) is 7. The number of amides is 1. The number of nitrogens with zero attached hydrogens (tertiary/aromatic N) is 2. The van der Waals surface area contributed by atoms with Crippen LogP contribution in [0.3, 0.4) is 0 Å². The molecule has 2 aromatic rings. The Hall–Kier alpha value is -2.61. The highest BCUT2D eigenvalue weighted by Gasteiger charge is 2.18. The Kier molecular flexibility index (Phi) is 5.75. The number of carbonyl (C=O) groups is 1. The van der Waals surface area contributed by atoms with Crippen molar-refractivity contribution in [2.75, 3.05) is 26.6 Å². The third kappa shape index (κ3) is 4.02. The van der Waals surface area contributed by atoms with E-state index in [0.29, 0.717) is 40.9 Å². The molecule has 8 nitrogen and oxygen atoms in total. The predicted octanol–water partition coefficient (Wildman–Crippen LogP) is 1.86. The van der Waals surface area contributed by atoms with Crippen LogP contribution in [0.1, 0.15) is 19.7 Å². The number of aromatic nitrogens is 2. The van der Waals surface area contributed by atoms with Gasteiger partial charge in [0.05, 0.1) is 19.9 Å². The van der Waals surface area contributed by atoms with E-state index in [1.807, 2.05) is 14.0 Å². The van der Waals surface area contributed by atoms with E-state index in [4.69, 9.17) is 14.0 Å². The van der Waals surface area contributed by atoms with Gasteiger partial charge in [0.1, 0.15) is 0 Å². The number of likely N-dealkylation sites (N-methyl/N-ethyl adjacent to an activating group) is 1. The summed E-state index contributed by atoms with van der Waals surface area (Å²) in [5.74, 6) is 1.62. The van der Waals surface area contributed by atoms with Gasteiger partial charge in [-0.15, -0.1) is 0 Å². The van der Waals surface area contributed by atoms with Crippen LogP contribution in [0.15, 0.2) is 16.7 Å². The smallest absolute Gasteiger partial charge is 0.258 e. The molecule has 1 heterocycles. The van der Waals surface area contributed by atoms with Crippen LogP contribution >= 0.6 is 0 Å². The molecule has 130 valence electrons. The zero-order valence-electron chi connectivity index (χ0n) is 14.5. The molecule has 0 saturated heterocycles. The van der Waals surface area contributed by atoms with Crippen molar-refractivity contribution in [3.05, 3.63) is 18.0 Å². The van der Waals surface area contributed by atoms with Crippen molar-refractivity contribution in [1.82, 2.24) is 15.5 Å². The predicted molar refractivity (Wildman–Crippen MR) is 89.4 cm³/mol. The molecule has 0 spiro atoms. The summed E-state index contributed by atoms with van der Waals surface area (Å²) in [5.41, 5.74) is 1.11. The van der Waals surface area contributed by atoms with Crippen LogP contribution < -0.4 is 20.1 Å². The molecule has 2 rings (SSSR count). The van der Waals surface area contributed by atoms with E-state index in [0.717, 1.165) is 0 Å². The molecule has 1 unspecified atom stereocenters. The van der Waals surface area contributed by atoms with Gasteiger partial charge in [-0.1, -0.05) is 5.16 Å². The van der Waals surface area contributed by atoms with Crippen molar-refractivity contribution >= 4 is 11.6 Å². The van der Waals surface area contributed by atoms with E-state index in [2.05, 4.69) is 20.8 Å². The number of benzene rings is 1. The Bertz CT molecular complexity index is 714. The van der Waals surface area contributed by atoms with Crippen LogP contribution in [0.5, 0.6) is 11.5 Å². The quantitative estimate of drug-likeness (QED) is 0.797. The van der Waals surface area contributed by atoms with Gasteiger partial charge >= 0.3 is 0 Å². The lowest BCUT2D eigenvalue weighted by molar-refractivity contribution is -0.114. The van der Waals surface area contributed by atoms with Crippen LogP contribution in [0.2, 0.25) is 0 Å². The van der Waals surface area contributed by atoms with Crippen molar-refractivity contribution in [3.8, 4) is 23.0 Å². The average Bonchev–Trinajstić information content (AvgIpc) is 3.01. The Labute approximate surface area is 140 Å². The Morgan fingerprint density at radius 2 is 2.08 bits per heavy atom. The first-order valence-electron chi connectivity index (χ1n) is 7.52. The average molecular weight is 334 g/mol. The maximum Gasteiger partial charge on any atom is 0.258 e. The molecule has 24 heavy (non-hydrogen) atoms. The number of hydrogen-bond donors (Lipinski definition) is 2. The van der Waals surface area contributed by atoms with Gasteiger partial charge in [-0.05, 0) is 26.1 Å². The maximum atomic E-state index is 11.4. The minimum absolute atomic E-state index is 0.221. The highest BCUT2D eigenvalue weighted by atomic mass is 16.5. The topological polar surface area (TPSA) is 98.5 Å². The van der Waals surface area contributed by atoms with Gasteiger partial charge in [0.15, 0.2) is 17.3 Å². The normalized spacial score (nSPS) is 11.9. The lowest BCUT2D eigenvalue weighted by Crippen LogP contribution is -2.24. The van der Waals surface area contributed by atoms with Gasteiger partial charge in [0, 0.05) is 24.9 Å². The maximum absolute atomic E-state index is 11.4. The summed E-state index contributed by atoms with van der Waals surface area (Å²) in [4.78, 5) is 15.8. The molecular formula is C16H22N4O4. The number of ether oxygens (including phenoxy) is 2. The number of methoxy groups -OCH3 is 2. The molecule has 0 bridgehead atoms.